The Morgan fingerprint density at radius 1 is 1.53 bits per heavy atom. The van der Waals surface area contributed by atoms with E-state index in [1.54, 1.807) is 0 Å². The number of carbonyl (C=O) groups is 1. The predicted octanol–water partition coefficient (Wildman–Crippen LogP) is 1.56. The van der Waals surface area contributed by atoms with Crippen LogP contribution < -0.4 is 10.6 Å². The molecule has 0 aromatic carbocycles. The third-order valence-electron chi connectivity index (χ3n) is 2.34. The minimum Gasteiger partial charge on any atom is -0.364 e. The van der Waals surface area contributed by atoms with Gasteiger partial charge in [0.1, 0.15) is 0 Å². The van der Waals surface area contributed by atoms with Crippen molar-refractivity contribution >= 4 is 17.4 Å². The normalized spacial score (nSPS) is 10.3. The number of hydrogen-bond acceptors (Lipinski definition) is 5. The molecule has 7 heteroatoms. The van der Waals surface area contributed by atoms with Gasteiger partial charge in [-0.15, -0.1) is 0 Å². The van der Waals surface area contributed by atoms with Gasteiger partial charge < -0.3 is 10.6 Å². The van der Waals surface area contributed by atoms with Crippen LogP contribution in [0.25, 0.3) is 0 Å². The zero-order valence-electron chi connectivity index (χ0n) is 11.0. The van der Waals surface area contributed by atoms with Crippen LogP contribution in [0, 0.1) is 16.0 Å². The zero-order valence-corrected chi connectivity index (χ0v) is 11.0. The quantitative estimate of drug-likeness (QED) is 0.576. The lowest BCUT2D eigenvalue weighted by Crippen LogP contribution is -2.28. The van der Waals surface area contributed by atoms with Crippen molar-refractivity contribution in [3.05, 3.63) is 28.4 Å². The molecule has 0 fully saturated rings. The van der Waals surface area contributed by atoms with Crippen LogP contribution in [0.15, 0.2) is 18.3 Å². The smallest absolute Gasteiger partial charge is 0.311 e. The molecular weight excluding hydrogens is 248 g/mol. The van der Waals surface area contributed by atoms with Crippen molar-refractivity contribution in [3.8, 4) is 0 Å². The highest BCUT2D eigenvalue weighted by Gasteiger charge is 2.13. The monoisotopic (exact) mass is 266 g/mol. The van der Waals surface area contributed by atoms with E-state index < -0.39 is 4.92 Å². The van der Waals surface area contributed by atoms with Crippen LogP contribution in [-0.2, 0) is 4.79 Å². The predicted molar refractivity (Wildman–Crippen MR) is 71.8 cm³/mol. The van der Waals surface area contributed by atoms with E-state index >= 15 is 0 Å². The van der Waals surface area contributed by atoms with Gasteiger partial charge in [-0.2, -0.15) is 0 Å². The van der Waals surface area contributed by atoms with Crippen molar-refractivity contribution in [2.24, 2.45) is 5.92 Å². The molecule has 0 aliphatic carbocycles. The molecule has 0 atom stereocenters. The summed E-state index contributed by atoms with van der Waals surface area (Å²) in [5.41, 5.74) is -0.0925. The average Bonchev–Trinajstić information content (AvgIpc) is 2.36. The third-order valence-corrected chi connectivity index (χ3v) is 2.34. The summed E-state index contributed by atoms with van der Waals surface area (Å²) in [6.45, 7) is 4.95. The molecular formula is C12H18N4O3. The molecule has 0 aliphatic rings. The van der Waals surface area contributed by atoms with Crippen LogP contribution in [0.2, 0.25) is 0 Å². The third kappa shape index (κ3) is 5.33. The molecule has 0 unspecified atom stereocenters. The summed E-state index contributed by atoms with van der Waals surface area (Å²) >= 11 is 0. The second-order valence-electron chi connectivity index (χ2n) is 4.50. The molecule has 1 aromatic heterocycles. The van der Waals surface area contributed by atoms with Crippen molar-refractivity contribution in [2.75, 3.05) is 18.4 Å². The summed E-state index contributed by atoms with van der Waals surface area (Å²) in [6.07, 6.45) is 1.72. The van der Waals surface area contributed by atoms with Crippen molar-refractivity contribution < 1.29 is 9.72 Å². The number of pyridine rings is 1. The number of hydrogen-bond donors (Lipinski definition) is 2. The van der Waals surface area contributed by atoms with E-state index in [1.807, 2.05) is 13.8 Å². The number of nitrogens with zero attached hydrogens (tertiary/aromatic N) is 2. The van der Waals surface area contributed by atoms with Gasteiger partial charge in [-0.3, -0.25) is 14.9 Å². The Morgan fingerprint density at radius 2 is 2.26 bits per heavy atom. The van der Waals surface area contributed by atoms with Crippen molar-refractivity contribution in [3.63, 3.8) is 0 Å². The first kappa shape index (κ1) is 14.9. The molecule has 0 bridgehead atoms. The maximum Gasteiger partial charge on any atom is 0.311 e. The number of amides is 1. The van der Waals surface area contributed by atoms with Gasteiger partial charge in [-0.05, 0) is 12.0 Å². The Bertz CT molecular complexity index is 448. The zero-order chi connectivity index (χ0) is 14.3. The highest BCUT2D eigenvalue weighted by Crippen LogP contribution is 2.19. The maximum atomic E-state index is 11.5. The van der Waals surface area contributed by atoms with E-state index in [1.165, 1.54) is 18.3 Å². The number of rotatable bonds is 7. The summed E-state index contributed by atoms with van der Waals surface area (Å²) < 4.78 is 0. The molecule has 104 valence electrons. The summed E-state index contributed by atoms with van der Waals surface area (Å²) in [7, 11) is 0. The summed E-state index contributed by atoms with van der Waals surface area (Å²) in [4.78, 5) is 25.6. The molecule has 0 aliphatic heterocycles. The highest BCUT2D eigenvalue weighted by atomic mass is 16.6. The topological polar surface area (TPSA) is 97.2 Å². The summed E-state index contributed by atoms with van der Waals surface area (Å²) in [6, 6.07) is 2.87. The molecule has 7 nitrogen and oxygen atoms in total. The fourth-order valence-electron chi connectivity index (χ4n) is 1.38. The molecule has 0 saturated carbocycles. The standard InChI is InChI=1S/C12H18N4O3/c1-9(2)8-15-11(17)5-7-14-12-10(16(18)19)4-3-6-13-12/h3-4,6,9H,5,7-8H2,1-2H3,(H,13,14)(H,15,17). The molecule has 0 saturated heterocycles. The van der Waals surface area contributed by atoms with Crippen LogP contribution >= 0.6 is 0 Å². The first-order chi connectivity index (χ1) is 9.00. The van der Waals surface area contributed by atoms with Gasteiger partial charge in [0.15, 0.2) is 0 Å². The van der Waals surface area contributed by atoms with Crippen LogP contribution in [0.5, 0.6) is 0 Å². The minimum atomic E-state index is -0.506. The van der Waals surface area contributed by atoms with Crippen LogP contribution in [-0.4, -0.2) is 28.9 Å². The minimum absolute atomic E-state index is 0.0835. The number of carbonyl (C=O) groups excluding carboxylic acids is 1. The van der Waals surface area contributed by atoms with Gasteiger partial charge in [0, 0.05) is 31.8 Å². The molecule has 1 rings (SSSR count). The number of anilines is 1. The molecule has 0 spiro atoms. The summed E-state index contributed by atoms with van der Waals surface area (Å²) in [5, 5.41) is 16.3. The Labute approximate surface area is 111 Å². The number of nitro groups is 1. The second-order valence-corrected chi connectivity index (χ2v) is 4.50. The first-order valence-electron chi connectivity index (χ1n) is 6.10. The second kappa shape index (κ2) is 7.30. The molecule has 19 heavy (non-hydrogen) atoms. The van der Waals surface area contributed by atoms with Crippen molar-refractivity contribution in [2.45, 2.75) is 20.3 Å². The Hall–Kier alpha value is -2.18. The average molecular weight is 266 g/mol. The maximum absolute atomic E-state index is 11.5. The Balaban J connectivity index is 2.41. The number of nitrogens with one attached hydrogen (secondary N) is 2. The van der Waals surface area contributed by atoms with E-state index in [4.69, 9.17) is 0 Å². The first-order valence-corrected chi connectivity index (χ1v) is 6.10. The molecule has 1 heterocycles. The van der Waals surface area contributed by atoms with Gasteiger partial charge >= 0.3 is 5.69 Å². The van der Waals surface area contributed by atoms with Crippen LogP contribution in [0.1, 0.15) is 20.3 Å². The lowest BCUT2D eigenvalue weighted by Gasteiger charge is -2.08. The van der Waals surface area contributed by atoms with Crippen molar-refractivity contribution in [1.82, 2.24) is 10.3 Å². The van der Waals surface area contributed by atoms with E-state index in [9.17, 15) is 14.9 Å². The Kier molecular flexibility index (Phi) is 5.72. The highest BCUT2D eigenvalue weighted by molar-refractivity contribution is 5.76. The van der Waals surface area contributed by atoms with E-state index in [-0.39, 0.29) is 23.8 Å². The lowest BCUT2D eigenvalue weighted by molar-refractivity contribution is -0.384. The van der Waals surface area contributed by atoms with Gasteiger partial charge in [0.25, 0.3) is 0 Å². The summed E-state index contributed by atoms with van der Waals surface area (Å²) in [5.74, 6) is 0.498. The van der Waals surface area contributed by atoms with Gasteiger partial charge in [-0.1, -0.05) is 13.8 Å². The molecule has 0 radical (unpaired) electrons. The SMILES string of the molecule is CC(C)CNC(=O)CCNc1ncccc1[N+](=O)[O-]. The lowest BCUT2D eigenvalue weighted by atomic mass is 10.2. The largest absolute Gasteiger partial charge is 0.364 e. The Morgan fingerprint density at radius 3 is 2.89 bits per heavy atom. The number of aromatic nitrogens is 1. The van der Waals surface area contributed by atoms with Gasteiger partial charge in [-0.25, -0.2) is 4.98 Å². The van der Waals surface area contributed by atoms with Crippen LogP contribution in [0.4, 0.5) is 11.5 Å². The van der Waals surface area contributed by atoms with Gasteiger partial charge in [0.05, 0.1) is 4.92 Å². The fraction of sp³-hybridized carbons (Fsp3) is 0.500. The van der Waals surface area contributed by atoms with E-state index in [2.05, 4.69) is 15.6 Å². The van der Waals surface area contributed by atoms with Crippen LogP contribution in [0.3, 0.4) is 0 Å². The van der Waals surface area contributed by atoms with E-state index in [0.29, 0.717) is 19.0 Å². The van der Waals surface area contributed by atoms with Gasteiger partial charge in [0.2, 0.25) is 11.7 Å². The fourth-order valence-corrected chi connectivity index (χ4v) is 1.38. The van der Waals surface area contributed by atoms with E-state index in [0.717, 1.165) is 0 Å². The molecule has 1 amide bonds. The molecule has 1 aromatic rings. The van der Waals surface area contributed by atoms with Crippen molar-refractivity contribution in [1.29, 1.82) is 0 Å². The molecule has 2 N–H and O–H groups in total.